The molecule has 1 fully saturated rings. The number of rotatable bonds is 1. The monoisotopic (exact) mass is 121 g/mol. The summed E-state index contributed by atoms with van der Waals surface area (Å²) in [6.07, 6.45) is 2.75. The zero-order valence-corrected chi connectivity index (χ0v) is 5.37. The molecular formula is C5H12ClN. The molecule has 1 aliphatic carbocycles. The van der Waals surface area contributed by atoms with E-state index in [2.05, 4.69) is 6.92 Å². The number of nitrogens with two attached hydrogens (primary N) is 1. The fourth-order valence-corrected chi connectivity index (χ4v) is 0.622. The minimum absolute atomic E-state index is 0. The second kappa shape index (κ2) is 2.53. The van der Waals surface area contributed by atoms with Crippen molar-refractivity contribution >= 4 is 12.4 Å². The highest BCUT2D eigenvalue weighted by Crippen LogP contribution is 2.30. The Morgan fingerprint density at radius 3 is 2.00 bits per heavy atom. The van der Waals surface area contributed by atoms with Crippen LogP contribution in [0.2, 0.25) is 0 Å². The summed E-state index contributed by atoms with van der Waals surface area (Å²) < 4.78 is 0. The molecule has 1 unspecified atom stereocenters. The molecular weight excluding hydrogens is 110 g/mol. The van der Waals surface area contributed by atoms with E-state index in [0.29, 0.717) is 6.04 Å². The lowest BCUT2D eigenvalue weighted by Crippen LogP contribution is -2.16. The zero-order chi connectivity index (χ0) is 4.57. The van der Waals surface area contributed by atoms with Crippen molar-refractivity contribution in [2.45, 2.75) is 25.8 Å². The first-order valence-corrected chi connectivity index (χ1v) is 2.56. The molecule has 0 aromatic heterocycles. The van der Waals surface area contributed by atoms with Gasteiger partial charge in [0.15, 0.2) is 0 Å². The van der Waals surface area contributed by atoms with Crippen LogP contribution in [0.15, 0.2) is 0 Å². The van der Waals surface area contributed by atoms with Crippen molar-refractivity contribution < 1.29 is 0 Å². The van der Waals surface area contributed by atoms with Crippen molar-refractivity contribution in [3.8, 4) is 0 Å². The Bertz CT molecular complexity index is 50.0. The summed E-state index contributed by atoms with van der Waals surface area (Å²) in [7, 11) is 0. The minimum atomic E-state index is 0. The van der Waals surface area contributed by atoms with Gasteiger partial charge in [0.25, 0.3) is 0 Å². The third-order valence-corrected chi connectivity index (χ3v) is 1.37. The van der Waals surface area contributed by atoms with Gasteiger partial charge in [-0.3, -0.25) is 0 Å². The fraction of sp³-hybridized carbons (Fsp3) is 1.00. The highest BCUT2D eigenvalue weighted by atomic mass is 35.5. The lowest BCUT2D eigenvalue weighted by Gasteiger charge is -1.95. The van der Waals surface area contributed by atoms with E-state index in [0.717, 1.165) is 5.92 Å². The van der Waals surface area contributed by atoms with Crippen molar-refractivity contribution in [3.05, 3.63) is 0 Å². The highest BCUT2D eigenvalue weighted by molar-refractivity contribution is 5.85. The molecule has 0 bridgehead atoms. The predicted molar refractivity (Wildman–Crippen MR) is 33.6 cm³/mol. The van der Waals surface area contributed by atoms with Crippen molar-refractivity contribution in [1.82, 2.24) is 0 Å². The first-order chi connectivity index (χ1) is 2.80. The molecule has 0 aliphatic heterocycles. The Labute approximate surface area is 50.7 Å². The van der Waals surface area contributed by atoms with Crippen LogP contribution in [0.3, 0.4) is 0 Å². The second-order valence-corrected chi connectivity index (χ2v) is 2.20. The van der Waals surface area contributed by atoms with E-state index >= 15 is 0 Å². The van der Waals surface area contributed by atoms with Gasteiger partial charge in [0, 0.05) is 6.04 Å². The van der Waals surface area contributed by atoms with Gasteiger partial charge in [0.1, 0.15) is 0 Å². The van der Waals surface area contributed by atoms with Crippen LogP contribution in [-0.4, -0.2) is 6.04 Å². The van der Waals surface area contributed by atoms with E-state index in [-0.39, 0.29) is 12.4 Å². The van der Waals surface area contributed by atoms with Crippen molar-refractivity contribution in [1.29, 1.82) is 0 Å². The summed E-state index contributed by atoms with van der Waals surface area (Å²) in [5, 5.41) is 0. The number of hydrogen-bond acceptors (Lipinski definition) is 1. The Kier molecular flexibility index (Phi) is 2.62. The summed E-state index contributed by atoms with van der Waals surface area (Å²) in [5.74, 6) is 0.880. The highest BCUT2D eigenvalue weighted by Gasteiger charge is 2.24. The zero-order valence-electron chi connectivity index (χ0n) is 4.55. The molecule has 0 spiro atoms. The van der Waals surface area contributed by atoms with Gasteiger partial charge in [-0.2, -0.15) is 0 Å². The average Bonchev–Trinajstić information content (AvgIpc) is 2.06. The van der Waals surface area contributed by atoms with Crippen LogP contribution in [0, 0.1) is 5.92 Å². The van der Waals surface area contributed by atoms with Gasteiger partial charge in [0.2, 0.25) is 0 Å². The fourth-order valence-electron chi connectivity index (χ4n) is 0.622. The van der Waals surface area contributed by atoms with E-state index in [1.165, 1.54) is 12.8 Å². The van der Waals surface area contributed by atoms with Gasteiger partial charge < -0.3 is 5.73 Å². The Balaban J connectivity index is 0.000000360. The molecule has 2 heteroatoms. The summed E-state index contributed by atoms with van der Waals surface area (Å²) >= 11 is 0. The third-order valence-electron chi connectivity index (χ3n) is 1.37. The lowest BCUT2D eigenvalue weighted by molar-refractivity contribution is 0.650. The Hall–Kier alpha value is 0.250. The summed E-state index contributed by atoms with van der Waals surface area (Å²) in [6, 6.07) is 0.463. The topological polar surface area (TPSA) is 26.0 Å². The first-order valence-electron chi connectivity index (χ1n) is 2.56. The molecule has 0 heterocycles. The largest absolute Gasteiger partial charge is 0.328 e. The molecule has 0 aromatic carbocycles. The molecule has 1 atom stereocenters. The second-order valence-electron chi connectivity index (χ2n) is 2.20. The summed E-state index contributed by atoms with van der Waals surface area (Å²) in [4.78, 5) is 0. The van der Waals surface area contributed by atoms with E-state index in [4.69, 9.17) is 5.73 Å². The molecule has 1 aliphatic rings. The smallest absolute Gasteiger partial charge is 0.00387 e. The van der Waals surface area contributed by atoms with E-state index < -0.39 is 0 Å². The quantitative estimate of drug-likeness (QED) is 0.554. The normalized spacial score (nSPS) is 23.1. The van der Waals surface area contributed by atoms with E-state index in [9.17, 15) is 0 Å². The SMILES string of the molecule is CC(N)C1CC1.Cl. The van der Waals surface area contributed by atoms with E-state index in [1.54, 1.807) is 0 Å². The Morgan fingerprint density at radius 2 is 2.00 bits per heavy atom. The minimum Gasteiger partial charge on any atom is -0.328 e. The molecule has 0 saturated heterocycles. The first kappa shape index (κ1) is 7.25. The van der Waals surface area contributed by atoms with Gasteiger partial charge in [0.05, 0.1) is 0 Å². The van der Waals surface area contributed by atoms with E-state index in [1.807, 2.05) is 0 Å². The molecule has 44 valence electrons. The van der Waals surface area contributed by atoms with Crippen LogP contribution in [0.4, 0.5) is 0 Å². The van der Waals surface area contributed by atoms with Gasteiger partial charge >= 0.3 is 0 Å². The molecule has 7 heavy (non-hydrogen) atoms. The maximum atomic E-state index is 5.50. The molecule has 0 aromatic rings. The molecule has 0 amide bonds. The molecule has 2 N–H and O–H groups in total. The number of hydrogen-bond donors (Lipinski definition) is 1. The maximum Gasteiger partial charge on any atom is 0.00387 e. The third kappa shape index (κ3) is 2.15. The van der Waals surface area contributed by atoms with Crippen molar-refractivity contribution in [2.75, 3.05) is 0 Å². The Morgan fingerprint density at radius 1 is 1.57 bits per heavy atom. The molecule has 0 radical (unpaired) electrons. The van der Waals surface area contributed by atoms with Crippen LogP contribution >= 0.6 is 12.4 Å². The van der Waals surface area contributed by atoms with Crippen molar-refractivity contribution in [2.24, 2.45) is 11.7 Å². The predicted octanol–water partition coefficient (Wildman–Crippen LogP) is 1.17. The van der Waals surface area contributed by atoms with Crippen molar-refractivity contribution in [3.63, 3.8) is 0 Å². The molecule has 1 nitrogen and oxygen atoms in total. The summed E-state index contributed by atoms with van der Waals surface area (Å²) in [6.45, 7) is 2.08. The van der Waals surface area contributed by atoms with Gasteiger partial charge in [-0.1, -0.05) is 0 Å². The summed E-state index contributed by atoms with van der Waals surface area (Å²) in [5.41, 5.74) is 5.50. The maximum absolute atomic E-state index is 5.50. The molecule has 1 rings (SSSR count). The average molecular weight is 122 g/mol. The van der Waals surface area contributed by atoms with Crippen LogP contribution < -0.4 is 5.73 Å². The standard InChI is InChI=1S/C5H11N.ClH/c1-4(6)5-2-3-5;/h4-5H,2-3,6H2,1H3;1H. The van der Waals surface area contributed by atoms with Gasteiger partial charge in [-0.15, -0.1) is 12.4 Å². The lowest BCUT2D eigenvalue weighted by atomic mass is 10.2. The van der Waals surface area contributed by atoms with Crippen LogP contribution in [0.1, 0.15) is 19.8 Å². The van der Waals surface area contributed by atoms with Crippen LogP contribution in [-0.2, 0) is 0 Å². The van der Waals surface area contributed by atoms with Crippen LogP contribution in [0.25, 0.3) is 0 Å². The molecule has 1 saturated carbocycles. The van der Waals surface area contributed by atoms with Gasteiger partial charge in [-0.25, -0.2) is 0 Å². The van der Waals surface area contributed by atoms with Crippen LogP contribution in [0.5, 0.6) is 0 Å². The number of halogens is 1. The van der Waals surface area contributed by atoms with Gasteiger partial charge in [-0.05, 0) is 25.7 Å².